The fourth-order valence-electron chi connectivity index (χ4n) is 1.63. The Labute approximate surface area is 113 Å². The van der Waals surface area contributed by atoms with Crippen molar-refractivity contribution >= 4 is 22.2 Å². The molecule has 0 fully saturated rings. The van der Waals surface area contributed by atoms with Crippen LogP contribution in [0.2, 0.25) is 0 Å². The van der Waals surface area contributed by atoms with Crippen LogP contribution in [0.3, 0.4) is 0 Å². The van der Waals surface area contributed by atoms with Gasteiger partial charge in [0.25, 0.3) is 0 Å². The van der Waals surface area contributed by atoms with Gasteiger partial charge >= 0.3 is 0 Å². The number of ether oxygens (including phenoxy) is 1. The van der Waals surface area contributed by atoms with Crippen molar-refractivity contribution in [3.05, 3.63) is 23.3 Å². The van der Waals surface area contributed by atoms with Crippen LogP contribution in [-0.4, -0.2) is 40.1 Å². The zero-order chi connectivity index (χ0) is 13.7. The van der Waals surface area contributed by atoms with E-state index >= 15 is 0 Å². The number of carbonyl (C=O) groups is 1. The van der Waals surface area contributed by atoms with E-state index in [-0.39, 0.29) is 22.6 Å². The normalized spacial score (nSPS) is 14.0. The topological polar surface area (TPSA) is 87.0 Å². The van der Waals surface area contributed by atoms with Crippen molar-refractivity contribution in [3.8, 4) is 11.5 Å². The number of hydrogen-bond acceptors (Lipinski definition) is 5. The first-order valence-electron chi connectivity index (χ1n) is 5.33. The van der Waals surface area contributed by atoms with Gasteiger partial charge in [-0.1, -0.05) is 22.0 Å². The molecule has 1 aromatic carbocycles. The minimum Gasteiger partial charge on any atom is -0.504 e. The Hall–Kier alpha value is -1.11. The first-order valence-corrected chi connectivity index (χ1v) is 6.46. The molecule has 0 aliphatic carbocycles. The highest BCUT2D eigenvalue weighted by Crippen LogP contribution is 2.35. The molecule has 0 saturated carbocycles. The molecule has 0 saturated heterocycles. The number of benzene rings is 1. The largest absolute Gasteiger partial charge is 0.504 e. The molecular formula is C12H15BrO5. The third-order valence-corrected chi connectivity index (χ3v) is 3.10. The maximum Gasteiger partial charge on any atom is 0.168 e. The van der Waals surface area contributed by atoms with E-state index in [4.69, 9.17) is 4.74 Å². The van der Waals surface area contributed by atoms with Crippen molar-refractivity contribution in [2.45, 2.75) is 18.6 Å². The number of phenolic OH excluding ortho intramolecular Hbond substituents is 1. The van der Waals surface area contributed by atoms with Crippen LogP contribution >= 0.6 is 15.9 Å². The number of halogens is 1. The van der Waals surface area contributed by atoms with Gasteiger partial charge in [0.1, 0.15) is 6.10 Å². The van der Waals surface area contributed by atoms with Crippen LogP contribution in [0.5, 0.6) is 11.5 Å². The molecule has 3 N–H and O–H groups in total. The molecule has 6 heteroatoms. The summed E-state index contributed by atoms with van der Waals surface area (Å²) in [5, 5.41) is 29.9. The van der Waals surface area contributed by atoms with Gasteiger partial charge in [0.15, 0.2) is 17.8 Å². The number of aliphatic hydroxyl groups excluding tert-OH is 2. The Morgan fingerprint density at radius 3 is 2.61 bits per heavy atom. The van der Waals surface area contributed by atoms with Crippen molar-refractivity contribution < 1.29 is 24.9 Å². The minimum absolute atomic E-state index is 0.0736. The Balaban J connectivity index is 3.16. The fourth-order valence-corrected chi connectivity index (χ4v) is 2.10. The van der Waals surface area contributed by atoms with Gasteiger partial charge in [-0.2, -0.15) is 0 Å². The lowest BCUT2D eigenvalue weighted by molar-refractivity contribution is 0.0169. The number of aromatic hydroxyl groups is 1. The maximum atomic E-state index is 11.0. The van der Waals surface area contributed by atoms with E-state index in [1.165, 1.54) is 19.2 Å². The van der Waals surface area contributed by atoms with Crippen molar-refractivity contribution in [2.24, 2.45) is 0 Å². The summed E-state index contributed by atoms with van der Waals surface area (Å²) in [7, 11) is 1.36. The third kappa shape index (κ3) is 3.01. The highest BCUT2D eigenvalue weighted by molar-refractivity contribution is 9.09. The number of alkyl halides is 1. The second kappa shape index (κ2) is 6.72. The maximum absolute atomic E-state index is 11.0. The Bertz CT molecular complexity index is 421. The molecule has 0 spiro atoms. The monoisotopic (exact) mass is 318 g/mol. The molecule has 0 amide bonds. The van der Waals surface area contributed by atoms with E-state index < -0.39 is 12.2 Å². The van der Waals surface area contributed by atoms with E-state index in [9.17, 15) is 20.1 Å². The molecule has 2 atom stereocenters. The first-order chi connectivity index (χ1) is 8.56. The molecule has 0 bridgehead atoms. The zero-order valence-corrected chi connectivity index (χ0v) is 11.4. The van der Waals surface area contributed by atoms with E-state index in [2.05, 4.69) is 15.9 Å². The van der Waals surface area contributed by atoms with Crippen LogP contribution in [0.1, 0.15) is 28.4 Å². The summed E-state index contributed by atoms with van der Waals surface area (Å²) in [6.45, 7) is 0. The van der Waals surface area contributed by atoms with E-state index in [0.717, 1.165) is 0 Å². The highest BCUT2D eigenvalue weighted by atomic mass is 79.9. The second-order valence-corrected chi connectivity index (χ2v) is 4.52. The van der Waals surface area contributed by atoms with Crippen LogP contribution in [0.4, 0.5) is 0 Å². The number of phenols is 1. The Morgan fingerprint density at radius 2 is 2.11 bits per heavy atom. The highest BCUT2D eigenvalue weighted by Gasteiger charge is 2.23. The summed E-state index contributed by atoms with van der Waals surface area (Å²) in [5.74, 6) is -0.196. The zero-order valence-electron chi connectivity index (χ0n) is 9.84. The van der Waals surface area contributed by atoms with Crippen molar-refractivity contribution in [1.82, 2.24) is 0 Å². The van der Waals surface area contributed by atoms with Crippen LogP contribution in [0.15, 0.2) is 12.1 Å². The molecule has 0 heterocycles. The van der Waals surface area contributed by atoms with Gasteiger partial charge in [0, 0.05) is 5.33 Å². The molecule has 2 unspecified atom stereocenters. The molecule has 0 aliphatic heterocycles. The third-order valence-electron chi connectivity index (χ3n) is 2.64. The van der Waals surface area contributed by atoms with Crippen molar-refractivity contribution in [3.63, 3.8) is 0 Å². The van der Waals surface area contributed by atoms with Crippen molar-refractivity contribution in [1.29, 1.82) is 0 Å². The predicted octanol–water partition coefficient (Wildman–Crippen LogP) is 1.39. The average molecular weight is 319 g/mol. The van der Waals surface area contributed by atoms with Crippen LogP contribution < -0.4 is 4.74 Å². The Kier molecular flexibility index (Phi) is 5.58. The number of rotatable bonds is 6. The number of aliphatic hydroxyl groups is 2. The summed E-state index contributed by atoms with van der Waals surface area (Å²) in [6, 6.07) is 2.88. The molecule has 0 aliphatic rings. The molecule has 5 nitrogen and oxygen atoms in total. The summed E-state index contributed by atoms with van der Waals surface area (Å²) in [5.41, 5.74) is 0.104. The summed E-state index contributed by atoms with van der Waals surface area (Å²) in [4.78, 5) is 11.0. The van der Waals surface area contributed by atoms with Gasteiger partial charge in [-0.3, -0.25) is 4.79 Å². The van der Waals surface area contributed by atoms with Gasteiger partial charge in [-0.25, -0.2) is 0 Å². The van der Waals surface area contributed by atoms with E-state index in [1.54, 1.807) is 0 Å². The number of methoxy groups -OCH3 is 1. The number of hydrogen-bond donors (Lipinski definition) is 3. The fraction of sp³-hybridized carbons (Fsp3) is 0.417. The standard InChI is InChI=1S/C12H15BrO5/c1-18-10-3-2-7(8(6-14)12(10)17)11(16)9(15)4-5-13/h2-3,6,9,11,15-17H,4-5H2,1H3. The van der Waals surface area contributed by atoms with Gasteiger partial charge in [-0.15, -0.1) is 0 Å². The smallest absolute Gasteiger partial charge is 0.168 e. The van der Waals surface area contributed by atoms with Gasteiger partial charge in [0.2, 0.25) is 0 Å². The lowest BCUT2D eigenvalue weighted by Crippen LogP contribution is -2.20. The predicted molar refractivity (Wildman–Crippen MR) is 69.4 cm³/mol. The van der Waals surface area contributed by atoms with Crippen molar-refractivity contribution in [2.75, 3.05) is 12.4 Å². The summed E-state index contributed by atoms with van der Waals surface area (Å²) >= 11 is 3.15. The molecule has 18 heavy (non-hydrogen) atoms. The quantitative estimate of drug-likeness (QED) is 0.545. The van der Waals surface area contributed by atoms with Crippen LogP contribution in [-0.2, 0) is 0 Å². The number of aldehydes is 1. The van der Waals surface area contributed by atoms with Crippen LogP contribution in [0.25, 0.3) is 0 Å². The molecular weight excluding hydrogens is 304 g/mol. The SMILES string of the molecule is COc1ccc(C(O)C(O)CCBr)c(C=O)c1O. The lowest BCUT2D eigenvalue weighted by atomic mass is 9.97. The first kappa shape index (κ1) is 14.9. The average Bonchev–Trinajstić information content (AvgIpc) is 2.37. The molecule has 1 rings (SSSR count). The molecule has 100 valence electrons. The summed E-state index contributed by atoms with van der Waals surface area (Å²) in [6.07, 6.45) is -1.50. The van der Waals surface area contributed by atoms with Crippen LogP contribution in [0, 0.1) is 0 Å². The summed E-state index contributed by atoms with van der Waals surface area (Å²) < 4.78 is 4.87. The minimum atomic E-state index is -1.24. The Morgan fingerprint density at radius 1 is 1.44 bits per heavy atom. The van der Waals surface area contributed by atoms with E-state index in [0.29, 0.717) is 18.0 Å². The van der Waals surface area contributed by atoms with Gasteiger partial charge < -0.3 is 20.1 Å². The van der Waals surface area contributed by atoms with E-state index in [1.807, 2.05) is 0 Å². The van der Waals surface area contributed by atoms with Gasteiger partial charge in [-0.05, 0) is 18.1 Å². The lowest BCUT2D eigenvalue weighted by Gasteiger charge is -2.19. The molecule has 0 radical (unpaired) electrons. The number of carbonyl (C=O) groups excluding carboxylic acids is 1. The second-order valence-electron chi connectivity index (χ2n) is 3.73. The molecule has 1 aromatic rings. The molecule has 0 aromatic heterocycles. The van der Waals surface area contributed by atoms with Gasteiger partial charge in [0.05, 0.1) is 18.8 Å².